The Kier molecular flexibility index (Phi) is 5.21. The maximum Gasteiger partial charge on any atom is 0.329 e. The number of halogens is 2. The van der Waals surface area contributed by atoms with Crippen molar-refractivity contribution in [2.24, 2.45) is 0 Å². The standard InChI is InChI=1S/C10H13Cl2NO4/c1-2-5-17-10(16)6-3-4-7(14)13(6)9(15)8(11)12/h6,8H,2-5H2,1H3. The highest BCUT2D eigenvalue weighted by atomic mass is 35.5. The molecule has 1 saturated heterocycles. The Hall–Kier alpha value is -0.810. The number of esters is 1. The van der Waals surface area contributed by atoms with Crippen LogP contribution < -0.4 is 0 Å². The van der Waals surface area contributed by atoms with E-state index >= 15 is 0 Å². The van der Waals surface area contributed by atoms with Crippen molar-refractivity contribution in [1.29, 1.82) is 0 Å². The molecule has 1 atom stereocenters. The molecule has 7 heteroatoms. The molecule has 5 nitrogen and oxygen atoms in total. The van der Waals surface area contributed by atoms with Gasteiger partial charge in [-0.3, -0.25) is 14.5 Å². The van der Waals surface area contributed by atoms with Gasteiger partial charge < -0.3 is 4.74 Å². The van der Waals surface area contributed by atoms with E-state index in [1.165, 1.54) is 0 Å². The molecule has 0 N–H and O–H groups in total. The fraction of sp³-hybridized carbons (Fsp3) is 0.700. The summed E-state index contributed by atoms with van der Waals surface area (Å²) in [5.74, 6) is -1.80. The molecular weight excluding hydrogens is 269 g/mol. The second-order valence-corrected chi connectivity index (χ2v) is 4.72. The SMILES string of the molecule is CCCOC(=O)C1CCC(=O)N1C(=O)C(Cl)Cl. The predicted octanol–water partition coefficient (Wildman–Crippen LogP) is 1.26. The normalized spacial score (nSPS) is 19.9. The van der Waals surface area contributed by atoms with Gasteiger partial charge in [0.05, 0.1) is 6.61 Å². The van der Waals surface area contributed by atoms with Gasteiger partial charge in [0.2, 0.25) is 5.91 Å². The van der Waals surface area contributed by atoms with E-state index in [9.17, 15) is 14.4 Å². The Morgan fingerprint density at radius 1 is 1.53 bits per heavy atom. The van der Waals surface area contributed by atoms with E-state index in [0.717, 1.165) is 4.90 Å². The molecule has 0 aromatic rings. The molecule has 1 aliphatic rings. The molecule has 0 saturated carbocycles. The van der Waals surface area contributed by atoms with Gasteiger partial charge in [-0.1, -0.05) is 30.1 Å². The summed E-state index contributed by atoms with van der Waals surface area (Å²) in [5, 5.41) is 0. The molecular formula is C10H13Cl2NO4. The van der Waals surface area contributed by atoms with Crippen molar-refractivity contribution in [2.45, 2.75) is 37.1 Å². The summed E-state index contributed by atoms with van der Waals surface area (Å²) in [4.78, 5) is 34.2. The third-order valence-corrected chi connectivity index (χ3v) is 2.73. The van der Waals surface area contributed by atoms with Crippen LogP contribution in [0.2, 0.25) is 0 Å². The third-order valence-electron chi connectivity index (χ3n) is 2.36. The third kappa shape index (κ3) is 3.33. The summed E-state index contributed by atoms with van der Waals surface area (Å²) < 4.78 is 4.91. The lowest BCUT2D eigenvalue weighted by Gasteiger charge is -2.21. The van der Waals surface area contributed by atoms with Gasteiger partial charge in [-0.05, 0) is 12.8 Å². The smallest absolute Gasteiger partial charge is 0.329 e. The minimum Gasteiger partial charge on any atom is -0.464 e. The lowest BCUT2D eigenvalue weighted by Crippen LogP contribution is -2.45. The van der Waals surface area contributed by atoms with E-state index in [1.807, 2.05) is 6.92 Å². The van der Waals surface area contributed by atoms with Crippen LogP contribution in [0.3, 0.4) is 0 Å². The number of carbonyl (C=O) groups excluding carboxylic acids is 3. The molecule has 0 aromatic heterocycles. The molecule has 1 fully saturated rings. The first-order valence-corrected chi connectivity index (χ1v) is 6.17. The minimum atomic E-state index is -1.35. The fourth-order valence-electron chi connectivity index (χ4n) is 1.59. The highest BCUT2D eigenvalue weighted by Gasteiger charge is 2.42. The zero-order chi connectivity index (χ0) is 13.0. The second kappa shape index (κ2) is 6.21. The second-order valence-electron chi connectivity index (χ2n) is 3.62. The van der Waals surface area contributed by atoms with E-state index in [1.54, 1.807) is 0 Å². The van der Waals surface area contributed by atoms with E-state index < -0.39 is 28.7 Å². The molecule has 1 aliphatic heterocycles. The van der Waals surface area contributed by atoms with Crippen molar-refractivity contribution in [3.05, 3.63) is 0 Å². The van der Waals surface area contributed by atoms with Crippen molar-refractivity contribution < 1.29 is 19.1 Å². The number of amides is 2. The summed E-state index contributed by atoms with van der Waals surface area (Å²) >= 11 is 10.8. The van der Waals surface area contributed by atoms with Crippen LogP contribution >= 0.6 is 23.2 Å². The van der Waals surface area contributed by atoms with Crippen molar-refractivity contribution in [1.82, 2.24) is 4.90 Å². The first kappa shape index (κ1) is 14.3. The average molecular weight is 282 g/mol. The van der Waals surface area contributed by atoms with Crippen molar-refractivity contribution in [3.8, 4) is 0 Å². The molecule has 1 unspecified atom stereocenters. The van der Waals surface area contributed by atoms with Gasteiger partial charge in [-0.2, -0.15) is 0 Å². The largest absolute Gasteiger partial charge is 0.464 e. The van der Waals surface area contributed by atoms with Gasteiger partial charge in [0.15, 0.2) is 4.84 Å². The molecule has 96 valence electrons. The topological polar surface area (TPSA) is 63.7 Å². The molecule has 0 aromatic carbocycles. The van der Waals surface area contributed by atoms with Gasteiger partial charge in [0.1, 0.15) is 6.04 Å². The first-order chi connectivity index (χ1) is 7.99. The predicted molar refractivity (Wildman–Crippen MR) is 61.6 cm³/mol. The van der Waals surface area contributed by atoms with Crippen molar-refractivity contribution in [2.75, 3.05) is 6.61 Å². The summed E-state index contributed by atoms with van der Waals surface area (Å²) in [6.45, 7) is 2.11. The van der Waals surface area contributed by atoms with Gasteiger partial charge in [0, 0.05) is 6.42 Å². The Bertz CT molecular complexity index is 332. The van der Waals surface area contributed by atoms with Gasteiger partial charge in [0.25, 0.3) is 5.91 Å². The Balaban J connectivity index is 2.74. The van der Waals surface area contributed by atoms with Gasteiger partial charge >= 0.3 is 5.97 Å². The molecule has 1 rings (SSSR count). The van der Waals surface area contributed by atoms with Crippen LogP contribution in [0, 0.1) is 0 Å². The van der Waals surface area contributed by atoms with Crippen LogP contribution in [0.15, 0.2) is 0 Å². The van der Waals surface area contributed by atoms with E-state index in [2.05, 4.69) is 0 Å². The summed E-state index contributed by atoms with van der Waals surface area (Å²) in [6, 6.07) is -0.887. The number of hydrogen-bond acceptors (Lipinski definition) is 4. The van der Waals surface area contributed by atoms with Crippen molar-refractivity contribution in [3.63, 3.8) is 0 Å². The van der Waals surface area contributed by atoms with Crippen LogP contribution in [0.25, 0.3) is 0 Å². The fourth-order valence-corrected chi connectivity index (χ4v) is 1.80. The number of alkyl halides is 2. The summed E-state index contributed by atoms with van der Waals surface area (Å²) in [6.07, 6.45) is 1.06. The van der Waals surface area contributed by atoms with E-state index in [4.69, 9.17) is 27.9 Å². The number of imide groups is 1. The average Bonchev–Trinajstić information content (AvgIpc) is 2.66. The number of nitrogens with zero attached hydrogens (tertiary/aromatic N) is 1. The molecule has 2 amide bonds. The Labute approximate surface area is 109 Å². The minimum absolute atomic E-state index is 0.123. The van der Waals surface area contributed by atoms with Crippen LogP contribution in [0.4, 0.5) is 0 Å². The number of hydrogen-bond donors (Lipinski definition) is 0. The van der Waals surface area contributed by atoms with Crippen LogP contribution in [-0.2, 0) is 19.1 Å². The molecule has 1 heterocycles. The molecule has 0 radical (unpaired) electrons. The van der Waals surface area contributed by atoms with Gasteiger partial charge in [-0.15, -0.1) is 0 Å². The summed E-state index contributed by atoms with van der Waals surface area (Å²) in [7, 11) is 0. The molecule has 0 aliphatic carbocycles. The lowest BCUT2D eigenvalue weighted by atomic mass is 10.2. The quantitative estimate of drug-likeness (QED) is 0.575. The van der Waals surface area contributed by atoms with E-state index in [-0.39, 0.29) is 19.4 Å². The molecule has 17 heavy (non-hydrogen) atoms. The number of ether oxygens (including phenoxy) is 1. The highest BCUT2D eigenvalue weighted by molar-refractivity contribution is 6.54. The number of rotatable bonds is 4. The van der Waals surface area contributed by atoms with Crippen molar-refractivity contribution >= 4 is 41.0 Å². The van der Waals surface area contributed by atoms with Gasteiger partial charge in [-0.25, -0.2) is 4.79 Å². The zero-order valence-corrected chi connectivity index (χ0v) is 10.8. The monoisotopic (exact) mass is 281 g/mol. The first-order valence-electron chi connectivity index (χ1n) is 5.29. The van der Waals surface area contributed by atoms with E-state index in [0.29, 0.717) is 6.42 Å². The Morgan fingerprint density at radius 2 is 2.18 bits per heavy atom. The maximum atomic E-state index is 11.6. The number of likely N-dealkylation sites (tertiary alicyclic amines) is 1. The lowest BCUT2D eigenvalue weighted by molar-refractivity contribution is -0.157. The van der Waals surface area contributed by atoms with Crippen LogP contribution in [-0.4, -0.2) is 40.2 Å². The molecule has 0 bridgehead atoms. The highest BCUT2D eigenvalue weighted by Crippen LogP contribution is 2.23. The maximum absolute atomic E-state index is 11.6. The van der Waals surface area contributed by atoms with Crippen LogP contribution in [0.1, 0.15) is 26.2 Å². The number of carbonyl (C=O) groups is 3. The molecule has 0 spiro atoms. The Morgan fingerprint density at radius 3 is 2.71 bits per heavy atom. The summed E-state index contributed by atoms with van der Waals surface area (Å²) in [5.41, 5.74) is 0. The van der Waals surface area contributed by atoms with Crippen LogP contribution in [0.5, 0.6) is 0 Å². The zero-order valence-electron chi connectivity index (χ0n) is 9.32.